The molecule has 0 radical (unpaired) electrons. The first-order valence-corrected chi connectivity index (χ1v) is 11.8. The molecule has 1 amide bonds. The summed E-state index contributed by atoms with van der Waals surface area (Å²) in [6, 6.07) is 0. The van der Waals surface area contributed by atoms with E-state index in [0.717, 1.165) is 51.2 Å². The van der Waals surface area contributed by atoms with Gasteiger partial charge >= 0.3 is 6.09 Å². The zero-order valence-electron chi connectivity index (χ0n) is 17.1. The van der Waals surface area contributed by atoms with Gasteiger partial charge in [0.25, 0.3) is 10.1 Å². The minimum atomic E-state index is -3.34. The van der Waals surface area contributed by atoms with Crippen molar-refractivity contribution in [3.05, 3.63) is 0 Å². The van der Waals surface area contributed by atoms with Gasteiger partial charge in [-0.2, -0.15) is 8.42 Å². The van der Waals surface area contributed by atoms with Crippen molar-refractivity contribution in [1.29, 1.82) is 0 Å². The van der Waals surface area contributed by atoms with Gasteiger partial charge in [0, 0.05) is 13.1 Å². The van der Waals surface area contributed by atoms with Gasteiger partial charge in [-0.1, -0.05) is 0 Å². The van der Waals surface area contributed by atoms with Crippen molar-refractivity contribution >= 4 is 16.2 Å². The Morgan fingerprint density at radius 2 is 1.56 bits per heavy atom. The standard InChI is InChI=1S/C19H35NO6S/c1-19(2,3)26-18(21)20-12-9-17(10-13-20)25-16-7-5-15(6-8-16)11-14-24-27(4,22)23/h15-17H,5-14H2,1-4H3. The maximum absolute atomic E-state index is 12.1. The van der Waals surface area contributed by atoms with Crippen molar-refractivity contribution < 1.29 is 26.9 Å². The van der Waals surface area contributed by atoms with Crippen LogP contribution in [0, 0.1) is 5.92 Å². The van der Waals surface area contributed by atoms with Gasteiger partial charge in [-0.15, -0.1) is 0 Å². The number of nitrogens with zero attached hydrogens (tertiary/aromatic N) is 1. The number of rotatable bonds is 6. The molecule has 0 bridgehead atoms. The van der Waals surface area contributed by atoms with Crippen LogP contribution in [0.4, 0.5) is 4.79 Å². The monoisotopic (exact) mass is 405 g/mol. The topological polar surface area (TPSA) is 82.1 Å². The fraction of sp³-hybridized carbons (Fsp3) is 0.947. The summed E-state index contributed by atoms with van der Waals surface area (Å²) in [7, 11) is -3.34. The SMILES string of the molecule is CC(C)(C)OC(=O)N1CCC(OC2CCC(CCOS(C)(=O)=O)CC2)CC1. The summed E-state index contributed by atoms with van der Waals surface area (Å²) < 4.78 is 38.5. The molecule has 2 rings (SSSR count). The lowest BCUT2D eigenvalue weighted by molar-refractivity contribution is -0.0631. The van der Waals surface area contributed by atoms with Gasteiger partial charge in [0.2, 0.25) is 0 Å². The molecule has 1 saturated heterocycles. The molecule has 1 aliphatic carbocycles. The zero-order valence-corrected chi connectivity index (χ0v) is 17.9. The van der Waals surface area contributed by atoms with Crippen LogP contribution in [0.5, 0.6) is 0 Å². The summed E-state index contributed by atoms with van der Waals surface area (Å²) >= 11 is 0. The normalized spacial score (nSPS) is 25.4. The number of amides is 1. The molecule has 27 heavy (non-hydrogen) atoms. The van der Waals surface area contributed by atoms with Crippen LogP contribution in [-0.2, 0) is 23.8 Å². The Labute approximate surface area is 163 Å². The van der Waals surface area contributed by atoms with E-state index >= 15 is 0 Å². The predicted octanol–water partition coefficient (Wildman–Crippen LogP) is 3.33. The lowest BCUT2D eigenvalue weighted by Gasteiger charge is -2.36. The highest BCUT2D eigenvalue weighted by atomic mass is 32.2. The van der Waals surface area contributed by atoms with Crippen LogP contribution in [0.25, 0.3) is 0 Å². The minimum absolute atomic E-state index is 0.207. The molecule has 0 aromatic rings. The molecule has 1 saturated carbocycles. The van der Waals surface area contributed by atoms with Crippen molar-refractivity contribution in [2.75, 3.05) is 26.0 Å². The molecule has 1 heterocycles. The summed E-state index contributed by atoms with van der Waals surface area (Å²) in [5, 5.41) is 0. The van der Waals surface area contributed by atoms with E-state index in [2.05, 4.69) is 0 Å². The largest absolute Gasteiger partial charge is 0.444 e. The minimum Gasteiger partial charge on any atom is -0.444 e. The van der Waals surface area contributed by atoms with E-state index in [1.165, 1.54) is 0 Å². The van der Waals surface area contributed by atoms with Gasteiger partial charge in [-0.25, -0.2) is 4.79 Å². The van der Waals surface area contributed by atoms with Crippen LogP contribution in [0.1, 0.15) is 65.7 Å². The Morgan fingerprint density at radius 3 is 2.07 bits per heavy atom. The quantitative estimate of drug-likeness (QED) is 0.631. The van der Waals surface area contributed by atoms with Crippen LogP contribution >= 0.6 is 0 Å². The van der Waals surface area contributed by atoms with Gasteiger partial charge in [0.1, 0.15) is 5.60 Å². The summed E-state index contributed by atoms with van der Waals surface area (Å²) in [6.07, 6.45) is 7.93. The molecule has 0 N–H and O–H groups in total. The van der Waals surface area contributed by atoms with E-state index in [-0.39, 0.29) is 24.9 Å². The number of carbonyl (C=O) groups excluding carboxylic acids is 1. The maximum atomic E-state index is 12.1. The molecule has 1 aliphatic heterocycles. The number of hydrogen-bond donors (Lipinski definition) is 0. The van der Waals surface area contributed by atoms with E-state index in [0.29, 0.717) is 19.0 Å². The molecule has 2 aliphatic rings. The van der Waals surface area contributed by atoms with Gasteiger partial charge in [-0.3, -0.25) is 4.18 Å². The lowest BCUT2D eigenvalue weighted by Crippen LogP contribution is -2.44. The van der Waals surface area contributed by atoms with Crippen molar-refractivity contribution in [1.82, 2.24) is 4.90 Å². The maximum Gasteiger partial charge on any atom is 0.410 e. The average molecular weight is 406 g/mol. The lowest BCUT2D eigenvalue weighted by atomic mass is 9.85. The molecular formula is C19H35NO6S. The second-order valence-corrected chi connectivity index (χ2v) is 10.4. The second kappa shape index (κ2) is 9.56. The van der Waals surface area contributed by atoms with Gasteiger partial charge < -0.3 is 14.4 Å². The first kappa shape index (κ1) is 22.4. The second-order valence-electron chi connectivity index (χ2n) is 8.76. The average Bonchev–Trinajstić information content (AvgIpc) is 2.54. The molecule has 158 valence electrons. The Bertz CT molecular complexity index is 569. The van der Waals surface area contributed by atoms with Crippen LogP contribution in [0.3, 0.4) is 0 Å². The first-order chi connectivity index (χ1) is 12.5. The van der Waals surface area contributed by atoms with Crippen LogP contribution in [-0.4, -0.2) is 63.2 Å². The molecule has 7 nitrogen and oxygen atoms in total. The first-order valence-electron chi connectivity index (χ1n) is 9.99. The Kier molecular flexibility index (Phi) is 7.94. The zero-order chi connectivity index (χ0) is 20.1. The van der Waals surface area contributed by atoms with E-state index in [4.69, 9.17) is 13.7 Å². The van der Waals surface area contributed by atoms with E-state index < -0.39 is 15.7 Å². The number of likely N-dealkylation sites (tertiary alicyclic amines) is 1. The van der Waals surface area contributed by atoms with Crippen LogP contribution in [0.15, 0.2) is 0 Å². The van der Waals surface area contributed by atoms with Gasteiger partial charge in [0.15, 0.2) is 0 Å². The Balaban J connectivity index is 1.62. The van der Waals surface area contributed by atoms with Crippen LogP contribution < -0.4 is 0 Å². The number of piperidine rings is 1. The van der Waals surface area contributed by atoms with Crippen molar-refractivity contribution in [3.63, 3.8) is 0 Å². The van der Waals surface area contributed by atoms with E-state index in [1.807, 2.05) is 20.8 Å². The third-order valence-corrected chi connectivity index (χ3v) is 5.69. The molecule has 0 aromatic carbocycles. The highest BCUT2D eigenvalue weighted by Gasteiger charge is 2.30. The molecular weight excluding hydrogens is 370 g/mol. The van der Waals surface area contributed by atoms with Crippen molar-refractivity contribution in [3.8, 4) is 0 Å². The predicted molar refractivity (Wildman–Crippen MR) is 103 cm³/mol. The fourth-order valence-corrected chi connectivity index (χ4v) is 4.09. The summed E-state index contributed by atoms with van der Waals surface area (Å²) in [4.78, 5) is 13.9. The summed E-state index contributed by atoms with van der Waals surface area (Å²) in [5.41, 5.74) is -0.463. The van der Waals surface area contributed by atoms with Crippen molar-refractivity contribution in [2.24, 2.45) is 5.92 Å². The molecule has 2 fully saturated rings. The third kappa shape index (κ3) is 8.79. The smallest absolute Gasteiger partial charge is 0.410 e. The highest BCUT2D eigenvalue weighted by Crippen LogP contribution is 2.30. The highest BCUT2D eigenvalue weighted by molar-refractivity contribution is 7.85. The summed E-state index contributed by atoms with van der Waals surface area (Å²) in [6.45, 7) is 7.27. The molecule has 0 aromatic heterocycles. The van der Waals surface area contributed by atoms with Gasteiger partial charge in [0.05, 0.1) is 25.1 Å². The Hall–Kier alpha value is -0.860. The van der Waals surface area contributed by atoms with E-state index in [1.54, 1.807) is 4.90 Å². The number of ether oxygens (including phenoxy) is 2. The number of carbonyl (C=O) groups is 1. The molecule has 0 spiro atoms. The summed E-state index contributed by atoms with van der Waals surface area (Å²) in [5.74, 6) is 0.514. The fourth-order valence-electron chi connectivity index (χ4n) is 3.70. The molecule has 0 unspecified atom stereocenters. The van der Waals surface area contributed by atoms with Gasteiger partial charge in [-0.05, 0) is 71.6 Å². The van der Waals surface area contributed by atoms with E-state index in [9.17, 15) is 13.2 Å². The Morgan fingerprint density at radius 1 is 1.00 bits per heavy atom. The number of hydrogen-bond acceptors (Lipinski definition) is 6. The van der Waals surface area contributed by atoms with Crippen LogP contribution in [0.2, 0.25) is 0 Å². The molecule has 0 atom stereocenters. The molecule has 8 heteroatoms. The third-order valence-electron chi connectivity index (χ3n) is 5.10. The van der Waals surface area contributed by atoms with Crippen molar-refractivity contribution in [2.45, 2.75) is 83.5 Å².